The fourth-order valence-electron chi connectivity index (χ4n) is 3.59. The SMILES string of the molecule is CCOc1cc(/C=N/NC(=O)c2ccc([N+](=O)[O-])cc2Cl)ccc1OCc1cccc2ccccc12. The standard InChI is InChI=1S/C27H22ClN3O5/c1-2-35-26-14-18(16-29-30-27(32)23-12-11-21(31(33)34)15-24(23)28)10-13-25(26)36-17-20-8-5-7-19-6-3-4-9-22(19)20/h3-16H,2,17H2,1H3,(H,30,32)/b29-16+. The lowest BCUT2D eigenvalue weighted by atomic mass is 10.1. The van der Waals surface area contributed by atoms with Crippen molar-refractivity contribution in [2.75, 3.05) is 6.61 Å². The Kier molecular flexibility index (Phi) is 7.77. The van der Waals surface area contributed by atoms with E-state index in [1.54, 1.807) is 18.2 Å². The summed E-state index contributed by atoms with van der Waals surface area (Å²) in [6, 6.07) is 23.2. The fourth-order valence-corrected chi connectivity index (χ4v) is 3.85. The van der Waals surface area contributed by atoms with Crippen LogP contribution in [0.25, 0.3) is 10.8 Å². The number of ether oxygens (including phenoxy) is 2. The van der Waals surface area contributed by atoms with Gasteiger partial charge < -0.3 is 9.47 Å². The number of amides is 1. The van der Waals surface area contributed by atoms with Crippen LogP contribution in [0.1, 0.15) is 28.4 Å². The van der Waals surface area contributed by atoms with Gasteiger partial charge in [0.1, 0.15) is 6.61 Å². The molecule has 4 aromatic rings. The number of benzene rings is 4. The highest BCUT2D eigenvalue weighted by molar-refractivity contribution is 6.34. The van der Waals surface area contributed by atoms with Gasteiger partial charge in [-0.2, -0.15) is 5.10 Å². The van der Waals surface area contributed by atoms with Crippen LogP contribution in [0, 0.1) is 10.1 Å². The van der Waals surface area contributed by atoms with Gasteiger partial charge in [0.2, 0.25) is 0 Å². The molecule has 0 unspecified atom stereocenters. The molecule has 4 rings (SSSR count). The number of nitrogens with zero attached hydrogens (tertiary/aromatic N) is 2. The van der Waals surface area contributed by atoms with Gasteiger partial charge in [-0.25, -0.2) is 5.43 Å². The monoisotopic (exact) mass is 503 g/mol. The van der Waals surface area contributed by atoms with Gasteiger partial charge in [0.15, 0.2) is 11.5 Å². The van der Waals surface area contributed by atoms with E-state index in [2.05, 4.69) is 28.7 Å². The summed E-state index contributed by atoms with van der Waals surface area (Å²) in [6.07, 6.45) is 1.45. The van der Waals surface area contributed by atoms with Crippen molar-refractivity contribution in [1.29, 1.82) is 0 Å². The van der Waals surface area contributed by atoms with Gasteiger partial charge in [-0.05, 0) is 53.1 Å². The zero-order chi connectivity index (χ0) is 25.5. The topological polar surface area (TPSA) is 103 Å². The number of hydrazone groups is 1. The van der Waals surface area contributed by atoms with E-state index in [4.69, 9.17) is 21.1 Å². The normalized spacial score (nSPS) is 10.9. The molecular formula is C27H22ClN3O5. The maximum atomic E-state index is 12.3. The Balaban J connectivity index is 1.45. The highest BCUT2D eigenvalue weighted by Gasteiger charge is 2.14. The molecule has 0 atom stereocenters. The Morgan fingerprint density at radius 1 is 1.03 bits per heavy atom. The predicted molar refractivity (Wildman–Crippen MR) is 139 cm³/mol. The van der Waals surface area contributed by atoms with Crippen LogP contribution in [0.2, 0.25) is 5.02 Å². The van der Waals surface area contributed by atoms with Crippen molar-refractivity contribution in [2.45, 2.75) is 13.5 Å². The van der Waals surface area contributed by atoms with Crippen LogP contribution in [0.15, 0.2) is 84.0 Å². The zero-order valence-corrected chi connectivity index (χ0v) is 20.1. The van der Waals surface area contributed by atoms with Crippen LogP contribution in [-0.2, 0) is 6.61 Å². The first kappa shape index (κ1) is 24.7. The van der Waals surface area contributed by atoms with Gasteiger partial charge >= 0.3 is 0 Å². The summed E-state index contributed by atoms with van der Waals surface area (Å²) in [6.45, 7) is 2.70. The lowest BCUT2D eigenvalue weighted by molar-refractivity contribution is -0.384. The number of fused-ring (bicyclic) bond motifs is 1. The molecule has 0 fully saturated rings. The fraction of sp³-hybridized carbons (Fsp3) is 0.111. The van der Waals surface area contributed by atoms with Crippen molar-refractivity contribution >= 4 is 40.2 Å². The van der Waals surface area contributed by atoms with Gasteiger partial charge in [0.25, 0.3) is 11.6 Å². The van der Waals surface area contributed by atoms with Crippen LogP contribution in [0.3, 0.4) is 0 Å². The molecule has 9 heteroatoms. The molecule has 1 amide bonds. The first-order valence-corrected chi connectivity index (χ1v) is 11.5. The number of non-ortho nitro benzene ring substituents is 1. The van der Waals surface area contributed by atoms with Gasteiger partial charge in [-0.3, -0.25) is 14.9 Å². The molecule has 36 heavy (non-hydrogen) atoms. The van der Waals surface area contributed by atoms with E-state index in [0.717, 1.165) is 22.4 Å². The summed E-state index contributed by atoms with van der Waals surface area (Å²) in [4.78, 5) is 22.6. The molecule has 0 aliphatic heterocycles. The third-order valence-corrected chi connectivity index (χ3v) is 5.63. The number of nitro groups is 1. The summed E-state index contributed by atoms with van der Waals surface area (Å²) in [5, 5.41) is 17.0. The van der Waals surface area contributed by atoms with Crippen molar-refractivity contribution in [3.8, 4) is 11.5 Å². The second kappa shape index (κ2) is 11.3. The minimum atomic E-state index is -0.591. The molecule has 0 aliphatic rings. The molecular weight excluding hydrogens is 482 g/mol. The quantitative estimate of drug-likeness (QED) is 0.168. The minimum Gasteiger partial charge on any atom is -0.490 e. The molecule has 4 aromatic carbocycles. The van der Waals surface area contributed by atoms with E-state index in [9.17, 15) is 14.9 Å². The number of hydrogen-bond donors (Lipinski definition) is 1. The number of halogens is 1. The van der Waals surface area contributed by atoms with Crippen LogP contribution < -0.4 is 14.9 Å². The molecule has 0 saturated carbocycles. The second-order valence-corrected chi connectivity index (χ2v) is 8.09. The number of nitrogens with one attached hydrogen (secondary N) is 1. The van der Waals surface area contributed by atoms with E-state index < -0.39 is 10.8 Å². The smallest absolute Gasteiger partial charge is 0.272 e. The molecule has 8 nitrogen and oxygen atoms in total. The lowest BCUT2D eigenvalue weighted by Gasteiger charge is -2.13. The molecule has 0 aromatic heterocycles. The van der Waals surface area contributed by atoms with E-state index in [0.29, 0.717) is 30.3 Å². The molecule has 0 heterocycles. The van der Waals surface area contributed by atoms with Crippen molar-refractivity contribution < 1.29 is 19.2 Å². The van der Waals surface area contributed by atoms with Gasteiger partial charge in [0, 0.05) is 12.1 Å². The van der Waals surface area contributed by atoms with Crippen LogP contribution in [0.5, 0.6) is 11.5 Å². The van der Waals surface area contributed by atoms with Crippen molar-refractivity contribution in [3.05, 3.63) is 111 Å². The third kappa shape index (κ3) is 5.79. The van der Waals surface area contributed by atoms with Crippen molar-refractivity contribution in [1.82, 2.24) is 5.43 Å². The summed E-state index contributed by atoms with van der Waals surface area (Å²) in [7, 11) is 0. The maximum Gasteiger partial charge on any atom is 0.272 e. The first-order chi connectivity index (χ1) is 17.5. The molecule has 0 saturated heterocycles. The number of nitro benzene ring substituents is 1. The Labute approximate surface area is 212 Å². The number of carbonyl (C=O) groups is 1. The van der Waals surface area contributed by atoms with Gasteiger partial charge in [-0.1, -0.05) is 54.1 Å². The third-order valence-electron chi connectivity index (χ3n) is 5.32. The molecule has 182 valence electrons. The second-order valence-electron chi connectivity index (χ2n) is 7.69. The molecule has 1 N–H and O–H groups in total. The van der Waals surface area contributed by atoms with Crippen molar-refractivity contribution in [3.63, 3.8) is 0 Å². The van der Waals surface area contributed by atoms with Crippen LogP contribution in [0.4, 0.5) is 5.69 Å². The Morgan fingerprint density at radius 2 is 1.83 bits per heavy atom. The molecule has 0 aliphatic carbocycles. The Hall–Kier alpha value is -4.43. The Bertz CT molecular complexity index is 1450. The maximum absolute atomic E-state index is 12.3. The summed E-state index contributed by atoms with van der Waals surface area (Å²) in [5.74, 6) is 0.543. The van der Waals surface area contributed by atoms with Crippen LogP contribution >= 0.6 is 11.6 Å². The summed E-state index contributed by atoms with van der Waals surface area (Å²) < 4.78 is 11.8. The summed E-state index contributed by atoms with van der Waals surface area (Å²) >= 11 is 6.00. The lowest BCUT2D eigenvalue weighted by Crippen LogP contribution is -2.18. The summed E-state index contributed by atoms with van der Waals surface area (Å²) in [5.41, 5.74) is 3.98. The largest absolute Gasteiger partial charge is 0.490 e. The first-order valence-electron chi connectivity index (χ1n) is 11.1. The van der Waals surface area contributed by atoms with E-state index >= 15 is 0 Å². The number of hydrogen-bond acceptors (Lipinski definition) is 6. The van der Waals surface area contributed by atoms with Crippen molar-refractivity contribution in [2.24, 2.45) is 5.10 Å². The minimum absolute atomic E-state index is 0.0387. The Morgan fingerprint density at radius 3 is 2.61 bits per heavy atom. The zero-order valence-electron chi connectivity index (χ0n) is 19.3. The number of carbonyl (C=O) groups excluding carboxylic acids is 1. The molecule has 0 bridgehead atoms. The average Bonchev–Trinajstić information content (AvgIpc) is 2.88. The highest BCUT2D eigenvalue weighted by Crippen LogP contribution is 2.30. The van der Waals surface area contributed by atoms with E-state index in [1.807, 2.05) is 31.2 Å². The average molecular weight is 504 g/mol. The molecule has 0 spiro atoms. The van der Waals surface area contributed by atoms with E-state index in [1.165, 1.54) is 18.3 Å². The van der Waals surface area contributed by atoms with Gasteiger partial charge in [-0.15, -0.1) is 0 Å². The van der Waals surface area contributed by atoms with E-state index in [-0.39, 0.29) is 16.3 Å². The van der Waals surface area contributed by atoms with Crippen LogP contribution in [-0.4, -0.2) is 23.7 Å². The van der Waals surface area contributed by atoms with Gasteiger partial charge in [0.05, 0.1) is 28.3 Å². The predicted octanol–water partition coefficient (Wildman–Crippen LogP) is 6.14. The molecule has 0 radical (unpaired) electrons. The number of rotatable bonds is 9. The highest BCUT2D eigenvalue weighted by atomic mass is 35.5.